The van der Waals surface area contributed by atoms with Crippen molar-refractivity contribution in [1.29, 1.82) is 0 Å². The van der Waals surface area contributed by atoms with E-state index in [2.05, 4.69) is 36.9 Å². The first-order valence-electron chi connectivity index (χ1n) is 7.34. The molecule has 0 saturated carbocycles. The number of hydrogen-bond acceptors (Lipinski definition) is 4. The van der Waals surface area contributed by atoms with E-state index < -0.39 is 10.0 Å². The van der Waals surface area contributed by atoms with Gasteiger partial charge in [-0.2, -0.15) is 4.31 Å². The Hall–Kier alpha value is -1.37. The fraction of sp³-hybridized carbons (Fsp3) is 0.375. The second kappa shape index (κ2) is 6.02. The predicted octanol–water partition coefficient (Wildman–Crippen LogP) is 2.88. The van der Waals surface area contributed by atoms with Crippen molar-refractivity contribution in [2.45, 2.75) is 18.1 Å². The summed E-state index contributed by atoms with van der Waals surface area (Å²) in [6, 6.07) is 9.94. The van der Waals surface area contributed by atoms with Crippen molar-refractivity contribution < 1.29 is 8.42 Å². The molecule has 6 heteroatoms. The van der Waals surface area contributed by atoms with E-state index in [1.165, 1.54) is 28.2 Å². The number of aryl methyl sites for hydroxylation is 2. The van der Waals surface area contributed by atoms with Crippen LogP contribution in [-0.4, -0.2) is 38.9 Å². The van der Waals surface area contributed by atoms with Gasteiger partial charge in [0.15, 0.2) is 0 Å². The second-order valence-corrected chi connectivity index (χ2v) is 8.78. The Morgan fingerprint density at radius 2 is 1.64 bits per heavy atom. The largest absolute Gasteiger partial charge is 0.369 e. The molecule has 1 aliphatic rings. The molecule has 118 valence electrons. The SMILES string of the molecule is Cc1cc(C)cc(N2CCN(S(=O)(=O)c3cccs3)CC2)c1. The topological polar surface area (TPSA) is 40.6 Å². The minimum Gasteiger partial charge on any atom is -0.369 e. The van der Waals surface area contributed by atoms with Crippen molar-refractivity contribution in [3.05, 3.63) is 46.8 Å². The number of thiophene rings is 1. The van der Waals surface area contributed by atoms with Gasteiger partial charge in [0.1, 0.15) is 4.21 Å². The van der Waals surface area contributed by atoms with E-state index in [4.69, 9.17) is 0 Å². The lowest BCUT2D eigenvalue weighted by Gasteiger charge is -2.35. The Balaban J connectivity index is 1.73. The first-order chi connectivity index (χ1) is 10.5. The van der Waals surface area contributed by atoms with Gasteiger partial charge in [0.05, 0.1) is 0 Å². The lowest BCUT2D eigenvalue weighted by Crippen LogP contribution is -2.48. The monoisotopic (exact) mass is 336 g/mol. The van der Waals surface area contributed by atoms with Gasteiger partial charge in [0, 0.05) is 31.9 Å². The molecule has 1 aromatic carbocycles. The van der Waals surface area contributed by atoms with E-state index >= 15 is 0 Å². The van der Waals surface area contributed by atoms with Crippen molar-refractivity contribution in [2.24, 2.45) is 0 Å². The fourth-order valence-electron chi connectivity index (χ4n) is 2.86. The molecule has 0 bridgehead atoms. The molecule has 1 fully saturated rings. The highest BCUT2D eigenvalue weighted by Gasteiger charge is 2.29. The van der Waals surface area contributed by atoms with Crippen LogP contribution in [0.2, 0.25) is 0 Å². The smallest absolute Gasteiger partial charge is 0.252 e. The van der Waals surface area contributed by atoms with Gasteiger partial charge in [-0.25, -0.2) is 8.42 Å². The zero-order chi connectivity index (χ0) is 15.7. The Morgan fingerprint density at radius 1 is 1.00 bits per heavy atom. The number of rotatable bonds is 3. The molecule has 1 aliphatic heterocycles. The molecule has 0 spiro atoms. The van der Waals surface area contributed by atoms with Gasteiger partial charge in [-0.15, -0.1) is 11.3 Å². The van der Waals surface area contributed by atoms with Gasteiger partial charge in [-0.1, -0.05) is 12.1 Å². The van der Waals surface area contributed by atoms with E-state index in [0.29, 0.717) is 17.3 Å². The average Bonchev–Trinajstić information content (AvgIpc) is 3.01. The Morgan fingerprint density at radius 3 is 2.18 bits per heavy atom. The number of benzene rings is 1. The molecule has 0 unspecified atom stereocenters. The highest BCUT2D eigenvalue weighted by Crippen LogP contribution is 2.25. The van der Waals surface area contributed by atoms with Gasteiger partial charge in [-0.05, 0) is 48.6 Å². The summed E-state index contributed by atoms with van der Waals surface area (Å²) < 4.78 is 27.1. The van der Waals surface area contributed by atoms with Crippen LogP contribution in [0.1, 0.15) is 11.1 Å². The summed E-state index contributed by atoms with van der Waals surface area (Å²) in [7, 11) is -3.32. The quantitative estimate of drug-likeness (QED) is 0.865. The van der Waals surface area contributed by atoms with Crippen molar-refractivity contribution in [1.82, 2.24) is 4.31 Å². The van der Waals surface area contributed by atoms with Crippen LogP contribution in [0.15, 0.2) is 39.9 Å². The molecule has 2 heterocycles. The van der Waals surface area contributed by atoms with E-state index in [1.807, 2.05) is 0 Å². The maximum Gasteiger partial charge on any atom is 0.252 e. The molecule has 0 aliphatic carbocycles. The molecular weight excluding hydrogens is 316 g/mol. The first kappa shape index (κ1) is 15.5. The van der Waals surface area contributed by atoms with Crippen LogP contribution in [0.4, 0.5) is 5.69 Å². The van der Waals surface area contributed by atoms with Crippen molar-refractivity contribution >= 4 is 27.0 Å². The van der Waals surface area contributed by atoms with E-state index in [9.17, 15) is 8.42 Å². The zero-order valence-electron chi connectivity index (χ0n) is 12.8. The molecule has 0 amide bonds. The summed E-state index contributed by atoms with van der Waals surface area (Å²) >= 11 is 1.28. The van der Waals surface area contributed by atoms with Crippen LogP contribution in [0.3, 0.4) is 0 Å². The number of sulfonamides is 1. The second-order valence-electron chi connectivity index (χ2n) is 5.67. The summed E-state index contributed by atoms with van der Waals surface area (Å²) in [5, 5.41) is 1.80. The standard InChI is InChI=1S/C16H20N2O2S2/c1-13-10-14(2)12-15(11-13)17-5-7-18(8-6-17)22(19,20)16-4-3-9-21-16/h3-4,9-12H,5-8H2,1-2H3. The molecule has 0 N–H and O–H groups in total. The maximum atomic E-state index is 12.5. The third-order valence-electron chi connectivity index (χ3n) is 3.90. The zero-order valence-corrected chi connectivity index (χ0v) is 14.5. The van der Waals surface area contributed by atoms with E-state index in [-0.39, 0.29) is 0 Å². The molecule has 0 atom stereocenters. The van der Waals surface area contributed by atoms with Gasteiger partial charge < -0.3 is 4.90 Å². The molecule has 22 heavy (non-hydrogen) atoms. The normalized spacial score (nSPS) is 16.9. The van der Waals surface area contributed by atoms with Crippen molar-refractivity contribution in [3.63, 3.8) is 0 Å². The van der Waals surface area contributed by atoms with Crippen LogP contribution in [0, 0.1) is 13.8 Å². The number of hydrogen-bond donors (Lipinski definition) is 0. The number of nitrogens with zero attached hydrogens (tertiary/aromatic N) is 2. The van der Waals surface area contributed by atoms with Crippen LogP contribution in [0.5, 0.6) is 0 Å². The van der Waals surface area contributed by atoms with Gasteiger partial charge in [-0.3, -0.25) is 0 Å². The van der Waals surface area contributed by atoms with E-state index in [1.54, 1.807) is 21.8 Å². The van der Waals surface area contributed by atoms with Gasteiger partial charge >= 0.3 is 0 Å². The highest BCUT2D eigenvalue weighted by atomic mass is 32.2. The fourth-order valence-corrected chi connectivity index (χ4v) is 5.42. The lowest BCUT2D eigenvalue weighted by atomic mass is 10.1. The average molecular weight is 336 g/mol. The van der Waals surface area contributed by atoms with E-state index in [0.717, 1.165) is 13.1 Å². The summed E-state index contributed by atoms with van der Waals surface area (Å²) in [5.74, 6) is 0. The molecule has 1 aromatic heterocycles. The summed E-state index contributed by atoms with van der Waals surface area (Å²) in [6.07, 6.45) is 0. The molecule has 1 saturated heterocycles. The Bertz CT molecular complexity index is 726. The minimum atomic E-state index is -3.32. The summed E-state index contributed by atoms with van der Waals surface area (Å²) in [4.78, 5) is 2.26. The van der Waals surface area contributed by atoms with Gasteiger partial charge in [0.2, 0.25) is 0 Å². The molecule has 2 aromatic rings. The third-order valence-corrected chi connectivity index (χ3v) is 7.17. The lowest BCUT2D eigenvalue weighted by molar-refractivity contribution is 0.386. The first-order valence-corrected chi connectivity index (χ1v) is 9.66. The molecule has 4 nitrogen and oxygen atoms in total. The van der Waals surface area contributed by atoms with Crippen LogP contribution < -0.4 is 4.90 Å². The molecule has 0 radical (unpaired) electrons. The maximum absolute atomic E-state index is 12.5. The minimum absolute atomic E-state index is 0.437. The number of piperazine rings is 1. The van der Waals surface area contributed by atoms with Crippen LogP contribution in [-0.2, 0) is 10.0 Å². The highest BCUT2D eigenvalue weighted by molar-refractivity contribution is 7.91. The van der Waals surface area contributed by atoms with Crippen molar-refractivity contribution in [2.75, 3.05) is 31.1 Å². The molecular formula is C16H20N2O2S2. The predicted molar refractivity (Wildman–Crippen MR) is 91.2 cm³/mol. The van der Waals surface area contributed by atoms with Crippen molar-refractivity contribution in [3.8, 4) is 0 Å². The van der Waals surface area contributed by atoms with Gasteiger partial charge in [0.25, 0.3) is 10.0 Å². The Kier molecular flexibility index (Phi) is 4.25. The summed E-state index contributed by atoms with van der Waals surface area (Å²) in [5.41, 5.74) is 3.66. The Labute approximate surface area is 136 Å². The van der Waals surface area contributed by atoms with Crippen LogP contribution >= 0.6 is 11.3 Å². The van der Waals surface area contributed by atoms with Crippen LogP contribution in [0.25, 0.3) is 0 Å². The third kappa shape index (κ3) is 3.04. The molecule has 3 rings (SSSR count). The summed E-state index contributed by atoms with van der Waals surface area (Å²) in [6.45, 7) is 6.71. The number of anilines is 1.